The van der Waals surface area contributed by atoms with Gasteiger partial charge in [-0.3, -0.25) is 0 Å². The van der Waals surface area contributed by atoms with Crippen LogP contribution in [0.5, 0.6) is 0 Å². The van der Waals surface area contributed by atoms with Crippen molar-refractivity contribution in [2.45, 2.75) is 44.6 Å². The summed E-state index contributed by atoms with van der Waals surface area (Å²) in [4.78, 5) is 5.09. The number of nitrogens with zero attached hydrogens (tertiary/aromatic N) is 2. The van der Waals surface area contributed by atoms with E-state index < -0.39 is 0 Å². The number of likely N-dealkylation sites (tertiary alicyclic amines) is 1. The highest BCUT2D eigenvalue weighted by Crippen LogP contribution is 2.31. The van der Waals surface area contributed by atoms with Gasteiger partial charge in [0.15, 0.2) is 0 Å². The van der Waals surface area contributed by atoms with E-state index in [1.807, 2.05) is 7.05 Å². The quantitative estimate of drug-likeness (QED) is 0.733. The summed E-state index contributed by atoms with van der Waals surface area (Å²) in [6.45, 7) is 7.15. The predicted molar refractivity (Wildman–Crippen MR) is 75.5 cm³/mol. The SMILES string of the molecule is CCCCC1(N(C)C)CCN(CCNC)CC1. The topological polar surface area (TPSA) is 18.5 Å². The summed E-state index contributed by atoms with van der Waals surface area (Å²) < 4.78 is 0. The lowest BCUT2D eigenvalue weighted by atomic mass is 9.82. The first-order chi connectivity index (χ1) is 8.14. The molecule has 1 aliphatic rings. The molecule has 17 heavy (non-hydrogen) atoms. The standard InChI is InChI=1S/C14H31N3/c1-5-6-7-14(16(3)4)8-11-17(12-9-14)13-10-15-2/h15H,5-13H2,1-4H3. The molecule has 3 nitrogen and oxygen atoms in total. The first kappa shape index (κ1) is 14.9. The van der Waals surface area contributed by atoms with Crippen molar-refractivity contribution in [3.05, 3.63) is 0 Å². The second kappa shape index (κ2) is 7.34. The Morgan fingerprint density at radius 1 is 1.24 bits per heavy atom. The maximum Gasteiger partial charge on any atom is 0.0227 e. The molecule has 0 spiro atoms. The number of rotatable bonds is 7. The minimum Gasteiger partial charge on any atom is -0.318 e. The second-order valence-corrected chi connectivity index (χ2v) is 5.67. The van der Waals surface area contributed by atoms with Crippen LogP contribution in [0.1, 0.15) is 39.0 Å². The number of likely N-dealkylation sites (N-methyl/N-ethyl adjacent to an activating group) is 1. The lowest BCUT2D eigenvalue weighted by Gasteiger charge is -2.46. The van der Waals surface area contributed by atoms with Gasteiger partial charge in [0.05, 0.1) is 0 Å². The van der Waals surface area contributed by atoms with Crippen molar-refractivity contribution in [2.24, 2.45) is 0 Å². The van der Waals surface area contributed by atoms with E-state index in [4.69, 9.17) is 0 Å². The monoisotopic (exact) mass is 241 g/mol. The lowest BCUT2D eigenvalue weighted by molar-refractivity contribution is 0.0480. The molecule has 1 N–H and O–H groups in total. The van der Waals surface area contributed by atoms with Crippen molar-refractivity contribution in [3.63, 3.8) is 0 Å². The van der Waals surface area contributed by atoms with E-state index in [9.17, 15) is 0 Å². The third kappa shape index (κ3) is 4.23. The van der Waals surface area contributed by atoms with Gasteiger partial charge in [0.25, 0.3) is 0 Å². The zero-order valence-electron chi connectivity index (χ0n) is 12.3. The van der Waals surface area contributed by atoms with Crippen LogP contribution in [-0.2, 0) is 0 Å². The maximum absolute atomic E-state index is 3.24. The Bertz CT molecular complexity index is 196. The highest BCUT2D eigenvalue weighted by atomic mass is 15.2. The molecule has 1 rings (SSSR count). The van der Waals surface area contributed by atoms with Gasteiger partial charge in [0, 0.05) is 18.6 Å². The van der Waals surface area contributed by atoms with Crippen molar-refractivity contribution >= 4 is 0 Å². The third-order valence-corrected chi connectivity index (χ3v) is 4.41. The molecule has 0 unspecified atom stereocenters. The van der Waals surface area contributed by atoms with Crippen LogP contribution in [0.3, 0.4) is 0 Å². The van der Waals surface area contributed by atoms with Crippen molar-refractivity contribution in [3.8, 4) is 0 Å². The van der Waals surface area contributed by atoms with Crippen LogP contribution in [0.25, 0.3) is 0 Å². The number of piperidine rings is 1. The van der Waals surface area contributed by atoms with Crippen LogP contribution >= 0.6 is 0 Å². The molecular weight excluding hydrogens is 210 g/mol. The van der Waals surface area contributed by atoms with E-state index >= 15 is 0 Å². The zero-order chi connectivity index (χ0) is 12.7. The van der Waals surface area contributed by atoms with Crippen LogP contribution in [-0.4, -0.2) is 62.7 Å². The van der Waals surface area contributed by atoms with E-state index in [2.05, 4.69) is 36.1 Å². The number of unbranched alkanes of at least 4 members (excludes halogenated alkanes) is 1. The molecule has 1 heterocycles. The minimum absolute atomic E-state index is 0.478. The van der Waals surface area contributed by atoms with E-state index in [0.29, 0.717) is 5.54 Å². The molecule has 0 aromatic carbocycles. The molecule has 0 amide bonds. The van der Waals surface area contributed by atoms with Gasteiger partial charge in [-0.1, -0.05) is 19.8 Å². The van der Waals surface area contributed by atoms with Gasteiger partial charge in [-0.25, -0.2) is 0 Å². The minimum atomic E-state index is 0.478. The molecule has 0 radical (unpaired) electrons. The summed E-state index contributed by atoms with van der Waals surface area (Å²) in [5.41, 5.74) is 0.478. The summed E-state index contributed by atoms with van der Waals surface area (Å²) >= 11 is 0. The summed E-state index contributed by atoms with van der Waals surface area (Å²) in [5, 5.41) is 3.24. The van der Waals surface area contributed by atoms with Crippen LogP contribution in [0.2, 0.25) is 0 Å². The summed E-state index contributed by atoms with van der Waals surface area (Å²) in [6, 6.07) is 0. The molecule has 0 aromatic heterocycles. The normalized spacial score (nSPS) is 21.0. The molecule has 1 aliphatic heterocycles. The largest absolute Gasteiger partial charge is 0.318 e. The number of nitrogens with one attached hydrogen (secondary N) is 1. The van der Waals surface area contributed by atoms with Gasteiger partial charge in [-0.05, 0) is 53.5 Å². The maximum atomic E-state index is 3.24. The van der Waals surface area contributed by atoms with Gasteiger partial charge in [0.2, 0.25) is 0 Å². The van der Waals surface area contributed by atoms with E-state index in [0.717, 1.165) is 6.54 Å². The smallest absolute Gasteiger partial charge is 0.0227 e. The molecule has 1 fully saturated rings. The van der Waals surface area contributed by atoms with Crippen molar-refractivity contribution in [2.75, 3.05) is 47.3 Å². The molecule has 3 heteroatoms. The molecule has 0 atom stereocenters. The fourth-order valence-electron chi connectivity index (χ4n) is 2.89. The first-order valence-electron chi connectivity index (χ1n) is 7.19. The van der Waals surface area contributed by atoms with Crippen LogP contribution < -0.4 is 5.32 Å². The highest BCUT2D eigenvalue weighted by Gasteiger charge is 2.35. The Labute approximate surface area is 108 Å². The Hall–Kier alpha value is -0.120. The van der Waals surface area contributed by atoms with Gasteiger partial charge < -0.3 is 15.1 Å². The molecular formula is C14H31N3. The average Bonchev–Trinajstić information content (AvgIpc) is 2.35. The third-order valence-electron chi connectivity index (χ3n) is 4.41. The number of hydrogen-bond acceptors (Lipinski definition) is 3. The van der Waals surface area contributed by atoms with Crippen molar-refractivity contribution in [1.82, 2.24) is 15.1 Å². The molecule has 0 saturated carbocycles. The van der Waals surface area contributed by atoms with Crippen molar-refractivity contribution in [1.29, 1.82) is 0 Å². The summed E-state index contributed by atoms with van der Waals surface area (Å²) in [5.74, 6) is 0. The average molecular weight is 241 g/mol. The van der Waals surface area contributed by atoms with E-state index in [-0.39, 0.29) is 0 Å². The first-order valence-corrected chi connectivity index (χ1v) is 7.19. The molecule has 102 valence electrons. The zero-order valence-corrected chi connectivity index (χ0v) is 12.3. The van der Waals surface area contributed by atoms with Crippen LogP contribution in [0, 0.1) is 0 Å². The predicted octanol–water partition coefficient (Wildman–Crippen LogP) is 1.79. The fourth-order valence-corrected chi connectivity index (χ4v) is 2.89. The molecule has 1 saturated heterocycles. The van der Waals surface area contributed by atoms with Gasteiger partial charge in [0.1, 0.15) is 0 Å². The van der Waals surface area contributed by atoms with Crippen molar-refractivity contribution < 1.29 is 0 Å². The summed E-state index contributed by atoms with van der Waals surface area (Å²) in [7, 11) is 6.56. The molecule has 0 aliphatic carbocycles. The molecule has 0 bridgehead atoms. The Balaban J connectivity index is 2.43. The van der Waals surface area contributed by atoms with Gasteiger partial charge >= 0.3 is 0 Å². The fraction of sp³-hybridized carbons (Fsp3) is 1.00. The summed E-state index contributed by atoms with van der Waals surface area (Å²) in [6.07, 6.45) is 6.73. The lowest BCUT2D eigenvalue weighted by Crippen LogP contribution is -2.53. The van der Waals surface area contributed by atoms with Crippen LogP contribution in [0.15, 0.2) is 0 Å². The Kier molecular flexibility index (Phi) is 6.45. The van der Waals surface area contributed by atoms with Gasteiger partial charge in [-0.15, -0.1) is 0 Å². The number of hydrogen-bond donors (Lipinski definition) is 1. The Morgan fingerprint density at radius 2 is 1.88 bits per heavy atom. The highest BCUT2D eigenvalue weighted by molar-refractivity contribution is 4.93. The molecule has 0 aromatic rings. The second-order valence-electron chi connectivity index (χ2n) is 5.67. The Morgan fingerprint density at radius 3 is 2.35 bits per heavy atom. The van der Waals surface area contributed by atoms with E-state index in [1.165, 1.54) is 51.7 Å². The van der Waals surface area contributed by atoms with Crippen LogP contribution in [0.4, 0.5) is 0 Å². The van der Waals surface area contributed by atoms with E-state index in [1.54, 1.807) is 0 Å². The van der Waals surface area contributed by atoms with Gasteiger partial charge in [-0.2, -0.15) is 0 Å².